The maximum Gasteiger partial charge on any atom is 0.326 e. The molecule has 12 N–H and O–H groups in total. The summed E-state index contributed by atoms with van der Waals surface area (Å²) in [6, 6.07) is 5.04. The second-order valence-corrected chi connectivity index (χ2v) is 9.67. The van der Waals surface area contributed by atoms with E-state index in [0.29, 0.717) is 64.6 Å². The fourth-order valence-electron chi connectivity index (χ4n) is 4.04. The third kappa shape index (κ3) is 14.1. The minimum Gasteiger partial charge on any atom is -0.480 e. The number of hydrogen-bond acceptors (Lipinski definition) is 8. The minimum atomic E-state index is -1.19. The van der Waals surface area contributed by atoms with Gasteiger partial charge >= 0.3 is 5.97 Å². The van der Waals surface area contributed by atoms with Gasteiger partial charge in [-0.05, 0) is 76.6 Å². The quantitative estimate of drug-likeness (QED) is 0.0921. The van der Waals surface area contributed by atoms with Crippen LogP contribution in [-0.2, 0) is 25.6 Å². The summed E-state index contributed by atoms with van der Waals surface area (Å²) in [4.78, 5) is 51.0. The van der Waals surface area contributed by atoms with Gasteiger partial charge in [0.25, 0.3) is 0 Å². The lowest BCUT2D eigenvalue weighted by Gasteiger charge is -2.25. The molecule has 0 fully saturated rings. The fourth-order valence-corrected chi connectivity index (χ4v) is 4.04. The van der Waals surface area contributed by atoms with E-state index < -0.39 is 47.9 Å². The van der Waals surface area contributed by atoms with Crippen LogP contribution in [0.3, 0.4) is 0 Å². The Morgan fingerprint density at radius 2 is 1.08 bits per heavy atom. The van der Waals surface area contributed by atoms with Crippen LogP contribution in [0.5, 0.6) is 0 Å². The van der Waals surface area contributed by atoms with E-state index in [2.05, 4.69) is 16.0 Å². The van der Waals surface area contributed by atoms with Crippen LogP contribution < -0.4 is 38.9 Å². The van der Waals surface area contributed by atoms with Crippen molar-refractivity contribution in [3.05, 3.63) is 35.9 Å². The molecule has 0 bridgehead atoms. The first kappa shape index (κ1) is 34.0. The normalized spacial score (nSPS) is 14.1. The number of carbonyl (C=O) groups is 4. The van der Waals surface area contributed by atoms with Crippen molar-refractivity contribution in [3.63, 3.8) is 0 Å². The van der Waals surface area contributed by atoms with E-state index in [1.807, 2.05) is 6.07 Å². The summed E-state index contributed by atoms with van der Waals surface area (Å²) in [5, 5.41) is 17.7. The molecule has 12 heteroatoms. The van der Waals surface area contributed by atoms with E-state index in [1.165, 1.54) is 0 Å². The number of carboxylic acids is 1. The highest BCUT2D eigenvalue weighted by Crippen LogP contribution is 2.09. The lowest BCUT2D eigenvalue weighted by Crippen LogP contribution is -2.57. The van der Waals surface area contributed by atoms with Crippen LogP contribution in [0.15, 0.2) is 30.3 Å². The molecule has 1 aromatic carbocycles. The van der Waals surface area contributed by atoms with E-state index in [-0.39, 0.29) is 12.8 Å². The van der Waals surface area contributed by atoms with Crippen LogP contribution in [0, 0.1) is 0 Å². The Kier molecular flexibility index (Phi) is 17.4. The molecule has 39 heavy (non-hydrogen) atoms. The number of carboxylic acid groups (broad SMARTS) is 1. The first-order chi connectivity index (χ1) is 18.7. The van der Waals surface area contributed by atoms with Gasteiger partial charge in [-0.15, -0.1) is 0 Å². The van der Waals surface area contributed by atoms with Crippen molar-refractivity contribution in [1.82, 2.24) is 16.0 Å². The van der Waals surface area contributed by atoms with Gasteiger partial charge in [0.2, 0.25) is 17.7 Å². The summed E-state index contributed by atoms with van der Waals surface area (Å²) < 4.78 is 0. The highest BCUT2D eigenvalue weighted by Gasteiger charge is 2.30. The lowest BCUT2D eigenvalue weighted by molar-refractivity contribution is -0.142. The number of unbranched alkanes of at least 4 members (excludes halogenated alkanes) is 3. The molecule has 220 valence electrons. The van der Waals surface area contributed by atoms with Crippen molar-refractivity contribution in [2.45, 2.75) is 88.4 Å². The van der Waals surface area contributed by atoms with Crippen LogP contribution in [0.4, 0.5) is 0 Å². The highest BCUT2D eigenvalue weighted by molar-refractivity contribution is 5.94. The molecular weight excluding hydrogens is 502 g/mol. The highest BCUT2D eigenvalue weighted by atomic mass is 16.4. The molecule has 0 aliphatic rings. The predicted octanol–water partition coefficient (Wildman–Crippen LogP) is -0.518. The number of nitrogens with one attached hydrogen (secondary N) is 3. The van der Waals surface area contributed by atoms with Gasteiger partial charge in [0.05, 0.1) is 6.04 Å². The lowest BCUT2D eigenvalue weighted by atomic mass is 10.0. The summed E-state index contributed by atoms with van der Waals surface area (Å²) in [6.07, 6.45) is 4.92. The molecule has 0 aliphatic carbocycles. The van der Waals surface area contributed by atoms with Crippen molar-refractivity contribution >= 4 is 23.7 Å². The molecule has 1 rings (SSSR count). The minimum absolute atomic E-state index is 0.0885. The van der Waals surface area contributed by atoms with Crippen LogP contribution >= 0.6 is 0 Å². The van der Waals surface area contributed by atoms with E-state index in [9.17, 15) is 24.3 Å². The Labute approximate surface area is 231 Å². The molecule has 0 heterocycles. The summed E-state index contributed by atoms with van der Waals surface area (Å²) in [7, 11) is 0. The van der Waals surface area contributed by atoms with Gasteiger partial charge in [0.15, 0.2) is 0 Å². The predicted molar refractivity (Wildman–Crippen MR) is 150 cm³/mol. The summed E-state index contributed by atoms with van der Waals surface area (Å²) in [5.74, 6) is -2.81. The van der Waals surface area contributed by atoms with Crippen LogP contribution in [-0.4, -0.2) is 72.6 Å². The molecule has 1 aromatic rings. The molecule has 0 unspecified atom stereocenters. The molecule has 3 amide bonds. The van der Waals surface area contributed by atoms with Crippen molar-refractivity contribution in [3.8, 4) is 0 Å². The molecule has 0 spiro atoms. The first-order valence-corrected chi connectivity index (χ1v) is 13.8. The number of aliphatic carboxylic acids is 1. The molecule has 0 saturated carbocycles. The summed E-state index contributed by atoms with van der Waals surface area (Å²) in [6.45, 7) is 1.34. The molecule has 0 aromatic heterocycles. The second kappa shape index (κ2) is 19.9. The summed E-state index contributed by atoms with van der Waals surface area (Å²) in [5.41, 5.74) is 23.4. The molecule has 0 radical (unpaired) electrons. The Bertz CT molecular complexity index is 871. The van der Waals surface area contributed by atoms with E-state index in [4.69, 9.17) is 22.9 Å². The van der Waals surface area contributed by atoms with E-state index in [0.717, 1.165) is 12.0 Å². The maximum atomic E-state index is 13.3. The van der Waals surface area contributed by atoms with Crippen LogP contribution in [0.25, 0.3) is 0 Å². The fraction of sp³-hybridized carbons (Fsp3) is 0.630. The first-order valence-electron chi connectivity index (χ1n) is 13.8. The third-order valence-corrected chi connectivity index (χ3v) is 6.36. The van der Waals surface area contributed by atoms with Gasteiger partial charge in [-0.3, -0.25) is 14.4 Å². The van der Waals surface area contributed by atoms with Gasteiger partial charge in [0.1, 0.15) is 18.1 Å². The number of carbonyl (C=O) groups excluding carboxylic acids is 3. The summed E-state index contributed by atoms with van der Waals surface area (Å²) >= 11 is 0. The maximum absolute atomic E-state index is 13.3. The second-order valence-electron chi connectivity index (χ2n) is 9.67. The van der Waals surface area contributed by atoms with Crippen molar-refractivity contribution in [1.29, 1.82) is 0 Å². The number of rotatable bonds is 21. The van der Waals surface area contributed by atoms with Gasteiger partial charge in [-0.2, -0.15) is 0 Å². The van der Waals surface area contributed by atoms with Crippen LogP contribution in [0.2, 0.25) is 0 Å². The zero-order chi connectivity index (χ0) is 29.0. The molecule has 12 nitrogen and oxygen atoms in total. The number of amides is 3. The monoisotopic (exact) mass is 549 g/mol. The standard InChI is InChI=1S/C27H47N7O5/c28-15-7-4-12-20(31)24(35)32-21(13-5-8-16-29)25(36)33-22(14-6-9-17-30)26(37)34-23(27(38)39)18-19-10-2-1-3-11-19/h1-3,10-11,20-23H,4-9,12-18,28-31H2,(H,32,35)(H,33,36)(H,34,37)(H,38,39)/t20-,21-,22-,23-/m0/s1. The number of nitrogens with two attached hydrogens (primary N) is 4. The topological polar surface area (TPSA) is 229 Å². The van der Waals surface area contributed by atoms with Crippen molar-refractivity contribution < 1.29 is 24.3 Å². The largest absolute Gasteiger partial charge is 0.480 e. The van der Waals surface area contributed by atoms with Gasteiger partial charge < -0.3 is 44.0 Å². The third-order valence-electron chi connectivity index (χ3n) is 6.36. The van der Waals surface area contributed by atoms with Gasteiger partial charge in [-0.25, -0.2) is 4.79 Å². The smallest absolute Gasteiger partial charge is 0.326 e. The molecule has 0 aliphatic heterocycles. The van der Waals surface area contributed by atoms with E-state index in [1.54, 1.807) is 24.3 Å². The van der Waals surface area contributed by atoms with Crippen molar-refractivity contribution in [2.75, 3.05) is 19.6 Å². The van der Waals surface area contributed by atoms with Gasteiger partial charge in [0, 0.05) is 6.42 Å². The van der Waals surface area contributed by atoms with E-state index >= 15 is 0 Å². The Morgan fingerprint density at radius 1 is 0.641 bits per heavy atom. The van der Waals surface area contributed by atoms with Crippen LogP contribution in [0.1, 0.15) is 63.4 Å². The van der Waals surface area contributed by atoms with Gasteiger partial charge in [-0.1, -0.05) is 36.8 Å². The Morgan fingerprint density at radius 3 is 1.54 bits per heavy atom. The Hall–Kier alpha value is -3.06. The molecule has 4 atom stereocenters. The van der Waals surface area contributed by atoms with Crippen molar-refractivity contribution in [2.24, 2.45) is 22.9 Å². The molecule has 0 saturated heterocycles. The number of hydrogen-bond donors (Lipinski definition) is 8. The average Bonchev–Trinajstić information content (AvgIpc) is 2.92. The molecular formula is C27H47N7O5. The number of benzene rings is 1. The average molecular weight is 550 g/mol. The Balaban J connectivity index is 2.97. The SMILES string of the molecule is NCCCC[C@H](NC(=O)[C@H](CCCCN)NC(=O)[C@@H](N)CCCCN)C(=O)N[C@@H](Cc1ccccc1)C(=O)O. The zero-order valence-electron chi connectivity index (χ0n) is 22.8. The zero-order valence-corrected chi connectivity index (χ0v) is 22.8.